The summed E-state index contributed by atoms with van der Waals surface area (Å²) in [6, 6.07) is 8.27. The highest BCUT2D eigenvalue weighted by Crippen LogP contribution is 2.32. The van der Waals surface area contributed by atoms with Gasteiger partial charge in [-0.3, -0.25) is 9.59 Å². The van der Waals surface area contributed by atoms with Crippen molar-refractivity contribution < 1.29 is 14.7 Å². The molecule has 0 saturated carbocycles. The predicted octanol–water partition coefficient (Wildman–Crippen LogP) is 2.76. The van der Waals surface area contributed by atoms with E-state index in [2.05, 4.69) is 29.4 Å². The van der Waals surface area contributed by atoms with Gasteiger partial charge < -0.3 is 25.5 Å². The summed E-state index contributed by atoms with van der Waals surface area (Å²) >= 11 is 0. The standard InChI is InChI=1S/C26H34N6O3/c1-16-5-3-6-17(2)32(16)26-29-21-14-27-25(35)23(21)24(30-26)28-19-10-8-18(9-11-19)13-22(34)31-12-4-7-20(31)15-33/h8-11,16-17,20,33H,3-7,12-15H2,1-2H3,(H,27,35)(H,28,29,30). The number of aliphatic hydroxyl groups excluding tert-OH is 1. The number of anilines is 3. The molecule has 0 bridgehead atoms. The van der Waals surface area contributed by atoms with Crippen LogP contribution in [0.2, 0.25) is 0 Å². The lowest BCUT2D eigenvalue weighted by atomic mass is 9.98. The molecule has 35 heavy (non-hydrogen) atoms. The van der Waals surface area contributed by atoms with Crippen LogP contribution in [0.5, 0.6) is 0 Å². The van der Waals surface area contributed by atoms with Gasteiger partial charge in [0.1, 0.15) is 11.4 Å². The number of rotatable bonds is 6. The average molecular weight is 479 g/mol. The molecule has 3 atom stereocenters. The summed E-state index contributed by atoms with van der Waals surface area (Å²) in [4.78, 5) is 38.9. The van der Waals surface area contributed by atoms with Crippen LogP contribution in [0.1, 0.15) is 67.6 Å². The van der Waals surface area contributed by atoms with Gasteiger partial charge in [-0.2, -0.15) is 4.98 Å². The highest BCUT2D eigenvalue weighted by Gasteiger charge is 2.32. The van der Waals surface area contributed by atoms with Crippen LogP contribution in [0, 0.1) is 0 Å². The molecule has 9 nitrogen and oxygen atoms in total. The minimum Gasteiger partial charge on any atom is -0.394 e. The zero-order chi connectivity index (χ0) is 24.5. The first-order valence-corrected chi connectivity index (χ1v) is 12.7. The van der Waals surface area contributed by atoms with Gasteiger partial charge in [0.25, 0.3) is 5.91 Å². The molecule has 9 heteroatoms. The summed E-state index contributed by atoms with van der Waals surface area (Å²) in [5.74, 6) is 1.05. The fourth-order valence-electron chi connectivity index (χ4n) is 5.61. The largest absolute Gasteiger partial charge is 0.394 e. The van der Waals surface area contributed by atoms with E-state index in [9.17, 15) is 14.7 Å². The number of fused-ring (bicyclic) bond motifs is 1. The lowest BCUT2D eigenvalue weighted by Crippen LogP contribution is -2.45. The first-order chi connectivity index (χ1) is 16.9. The number of aromatic nitrogens is 2. The second-order valence-corrected chi connectivity index (χ2v) is 9.98. The molecule has 3 N–H and O–H groups in total. The van der Waals surface area contributed by atoms with Crippen molar-refractivity contribution in [1.29, 1.82) is 0 Å². The normalized spacial score (nSPS) is 23.9. The second kappa shape index (κ2) is 9.81. The first kappa shape index (κ1) is 23.5. The molecule has 3 aliphatic rings. The Morgan fingerprint density at radius 1 is 1.11 bits per heavy atom. The number of piperidine rings is 1. The summed E-state index contributed by atoms with van der Waals surface area (Å²) in [5, 5.41) is 15.7. The SMILES string of the molecule is CC1CCCC(C)N1c1nc2c(c(Nc3ccc(CC(=O)N4CCCC4CO)cc3)n1)C(=O)NC2. The van der Waals surface area contributed by atoms with Crippen molar-refractivity contribution in [3.63, 3.8) is 0 Å². The summed E-state index contributed by atoms with van der Waals surface area (Å²) in [6.07, 6.45) is 5.49. The first-order valence-electron chi connectivity index (χ1n) is 12.7. The van der Waals surface area contributed by atoms with E-state index in [0.717, 1.165) is 42.6 Å². The number of likely N-dealkylation sites (tertiary alicyclic amines) is 1. The second-order valence-electron chi connectivity index (χ2n) is 9.98. The van der Waals surface area contributed by atoms with E-state index in [4.69, 9.17) is 9.97 Å². The molecule has 1 aromatic heterocycles. The number of nitrogens with zero attached hydrogens (tertiary/aromatic N) is 4. The quantitative estimate of drug-likeness (QED) is 0.585. The summed E-state index contributed by atoms with van der Waals surface area (Å²) in [6.45, 7) is 5.53. The van der Waals surface area contributed by atoms with E-state index in [1.807, 2.05) is 24.3 Å². The highest BCUT2D eigenvalue weighted by molar-refractivity contribution is 6.03. The number of hydrogen-bond donors (Lipinski definition) is 3. The molecule has 0 spiro atoms. The molecule has 4 heterocycles. The maximum Gasteiger partial charge on any atom is 0.257 e. The van der Waals surface area contributed by atoms with Crippen molar-refractivity contribution in [2.75, 3.05) is 23.4 Å². The third-order valence-corrected chi connectivity index (χ3v) is 7.52. The van der Waals surface area contributed by atoms with Crippen LogP contribution in [-0.4, -0.2) is 63.1 Å². The number of carbonyl (C=O) groups excluding carboxylic acids is 2. The molecular formula is C26H34N6O3. The van der Waals surface area contributed by atoms with Crippen molar-refractivity contribution >= 4 is 29.3 Å². The highest BCUT2D eigenvalue weighted by atomic mass is 16.3. The Morgan fingerprint density at radius 2 is 1.86 bits per heavy atom. The van der Waals surface area contributed by atoms with Gasteiger partial charge in [-0.15, -0.1) is 0 Å². The number of aliphatic hydroxyl groups is 1. The van der Waals surface area contributed by atoms with Crippen molar-refractivity contribution in [2.24, 2.45) is 0 Å². The van der Waals surface area contributed by atoms with Gasteiger partial charge in [-0.25, -0.2) is 4.98 Å². The molecule has 1 aromatic carbocycles. The van der Waals surface area contributed by atoms with Gasteiger partial charge in [0.2, 0.25) is 11.9 Å². The van der Waals surface area contributed by atoms with Gasteiger partial charge in [-0.1, -0.05) is 12.1 Å². The van der Waals surface area contributed by atoms with Crippen LogP contribution in [0.3, 0.4) is 0 Å². The van der Waals surface area contributed by atoms with Crippen LogP contribution in [-0.2, 0) is 17.8 Å². The number of amides is 2. The van der Waals surface area contributed by atoms with Gasteiger partial charge in [0, 0.05) is 24.3 Å². The Kier molecular flexibility index (Phi) is 6.60. The molecule has 2 aromatic rings. The Balaban J connectivity index is 1.35. The third-order valence-electron chi connectivity index (χ3n) is 7.52. The monoisotopic (exact) mass is 478 g/mol. The van der Waals surface area contributed by atoms with E-state index < -0.39 is 0 Å². The molecule has 3 aliphatic heterocycles. The number of benzene rings is 1. The van der Waals surface area contributed by atoms with Crippen LogP contribution in [0.15, 0.2) is 24.3 Å². The molecular weight excluding hydrogens is 444 g/mol. The van der Waals surface area contributed by atoms with Gasteiger partial charge in [-0.05, 0) is 63.6 Å². The van der Waals surface area contributed by atoms with Crippen LogP contribution < -0.4 is 15.5 Å². The summed E-state index contributed by atoms with van der Waals surface area (Å²) in [5.41, 5.74) is 2.92. The number of carbonyl (C=O) groups is 2. The smallest absolute Gasteiger partial charge is 0.257 e. The minimum absolute atomic E-state index is 0.0163. The van der Waals surface area contributed by atoms with E-state index >= 15 is 0 Å². The van der Waals surface area contributed by atoms with E-state index in [1.54, 1.807) is 4.90 Å². The van der Waals surface area contributed by atoms with Crippen LogP contribution in [0.25, 0.3) is 0 Å². The molecule has 2 fully saturated rings. The van der Waals surface area contributed by atoms with Gasteiger partial charge >= 0.3 is 0 Å². The Labute approximate surface area is 205 Å². The minimum atomic E-state index is -0.167. The van der Waals surface area contributed by atoms with Crippen LogP contribution >= 0.6 is 0 Å². The average Bonchev–Trinajstić information content (AvgIpc) is 3.47. The maximum atomic E-state index is 12.7. The molecule has 0 radical (unpaired) electrons. The Hall–Kier alpha value is -3.20. The molecule has 5 rings (SSSR count). The summed E-state index contributed by atoms with van der Waals surface area (Å²) in [7, 11) is 0. The lowest BCUT2D eigenvalue weighted by molar-refractivity contribution is -0.132. The molecule has 0 aliphatic carbocycles. The third kappa shape index (κ3) is 4.69. The zero-order valence-corrected chi connectivity index (χ0v) is 20.5. The number of nitrogens with one attached hydrogen (secondary N) is 2. The predicted molar refractivity (Wildman–Crippen MR) is 134 cm³/mol. The van der Waals surface area contributed by atoms with Crippen LogP contribution in [0.4, 0.5) is 17.5 Å². The van der Waals surface area contributed by atoms with E-state index in [-0.39, 0.29) is 24.5 Å². The van der Waals surface area contributed by atoms with E-state index in [1.165, 1.54) is 6.42 Å². The molecule has 2 amide bonds. The Bertz CT molecular complexity index is 1100. The number of hydrogen-bond acceptors (Lipinski definition) is 7. The fourth-order valence-corrected chi connectivity index (χ4v) is 5.61. The van der Waals surface area contributed by atoms with Gasteiger partial charge in [0.15, 0.2) is 0 Å². The lowest BCUT2D eigenvalue weighted by Gasteiger charge is -2.39. The van der Waals surface area contributed by atoms with Crippen molar-refractivity contribution in [3.8, 4) is 0 Å². The summed E-state index contributed by atoms with van der Waals surface area (Å²) < 4.78 is 0. The van der Waals surface area contributed by atoms with Crippen molar-refractivity contribution in [2.45, 2.75) is 77.0 Å². The Morgan fingerprint density at radius 3 is 2.57 bits per heavy atom. The van der Waals surface area contributed by atoms with Crippen molar-refractivity contribution in [3.05, 3.63) is 41.1 Å². The topological polar surface area (TPSA) is 111 Å². The molecule has 3 unspecified atom stereocenters. The van der Waals surface area contributed by atoms with Crippen molar-refractivity contribution in [1.82, 2.24) is 20.2 Å². The van der Waals surface area contributed by atoms with Gasteiger partial charge in [0.05, 0.1) is 31.3 Å². The molecule has 186 valence electrons. The fraction of sp³-hybridized carbons (Fsp3) is 0.538. The van der Waals surface area contributed by atoms with E-state index in [0.29, 0.717) is 48.9 Å². The maximum absolute atomic E-state index is 12.7. The molecule has 2 saturated heterocycles. The zero-order valence-electron chi connectivity index (χ0n) is 20.5.